The van der Waals surface area contributed by atoms with Crippen LogP contribution < -0.4 is 5.32 Å². The fourth-order valence-corrected chi connectivity index (χ4v) is 1.25. The molecule has 0 aliphatic rings. The molecule has 1 atom stereocenters. The Labute approximate surface area is 88.3 Å². The molecular formula is C9H16N4O2. The summed E-state index contributed by atoms with van der Waals surface area (Å²) >= 11 is 0. The van der Waals surface area contributed by atoms with Gasteiger partial charge in [-0.1, -0.05) is 5.21 Å². The molecule has 2 N–H and O–H groups in total. The Morgan fingerprint density at radius 2 is 2.47 bits per heavy atom. The van der Waals surface area contributed by atoms with Gasteiger partial charge in [0, 0.05) is 18.8 Å². The van der Waals surface area contributed by atoms with Crippen LogP contribution in [0.4, 0.5) is 0 Å². The van der Waals surface area contributed by atoms with Crippen molar-refractivity contribution in [3.8, 4) is 0 Å². The molecule has 1 unspecified atom stereocenters. The van der Waals surface area contributed by atoms with E-state index in [4.69, 9.17) is 5.11 Å². The number of rotatable bonds is 6. The zero-order valence-corrected chi connectivity index (χ0v) is 8.76. The molecule has 84 valence electrons. The van der Waals surface area contributed by atoms with Crippen LogP contribution in [0.2, 0.25) is 0 Å². The first-order chi connectivity index (χ1) is 7.22. The average Bonchev–Trinajstić information content (AvgIpc) is 2.67. The Bertz CT molecular complexity index is 286. The summed E-state index contributed by atoms with van der Waals surface area (Å²) in [6.45, 7) is 2.25. The van der Waals surface area contributed by atoms with Gasteiger partial charge in [-0.25, -0.2) is 4.68 Å². The van der Waals surface area contributed by atoms with Crippen LogP contribution in [0.5, 0.6) is 0 Å². The van der Waals surface area contributed by atoms with Crippen LogP contribution in [0.25, 0.3) is 0 Å². The number of aliphatic hydroxyl groups excluding tert-OH is 1. The molecule has 6 nitrogen and oxygen atoms in total. The van der Waals surface area contributed by atoms with Gasteiger partial charge in [-0.2, -0.15) is 0 Å². The second kappa shape index (κ2) is 6.13. The summed E-state index contributed by atoms with van der Waals surface area (Å²) in [5, 5.41) is 18.7. The van der Waals surface area contributed by atoms with Gasteiger partial charge in [0.2, 0.25) is 5.91 Å². The van der Waals surface area contributed by atoms with Crippen LogP contribution in [0.15, 0.2) is 12.4 Å². The third kappa shape index (κ3) is 4.55. The summed E-state index contributed by atoms with van der Waals surface area (Å²) < 4.78 is 1.47. The van der Waals surface area contributed by atoms with Crippen LogP contribution in [-0.4, -0.2) is 38.7 Å². The average molecular weight is 212 g/mol. The highest BCUT2D eigenvalue weighted by Crippen LogP contribution is 1.95. The summed E-state index contributed by atoms with van der Waals surface area (Å²) in [5.41, 5.74) is 0. The van der Waals surface area contributed by atoms with Crippen molar-refractivity contribution >= 4 is 5.91 Å². The quantitative estimate of drug-likeness (QED) is 0.669. The van der Waals surface area contributed by atoms with Gasteiger partial charge in [-0.05, 0) is 19.8 Å². The van der Waals surface area contributed by atoms with Crippen LogP contribution in [0.3, 0.4) is 0 Å². The first-order valence-corrected chi connectivity index (χ1v) is 4.96. The van der Waals surface area contributed by atoms with Gasteiger partial charge in [0.15, 0.2) is 0 Å². The van der Waals surface area contributed by atoms with E-state index in [1.807, 2.05) is 6.92 Å². The van der Waals surface area contributed by atoms with Crippen molar-refractivity contribution in [2.45, 2.75) is 32.4 Å². The standard InChI is InChI=1S/C9H16N4O2/c1-8(3-2-6-14)11-9(15)7-13-5-4-10-12-13/h4-5,8,14H,2-3,6-7H2,1H3,(H,11,15). The first-order valence-electron chi connectivity index (χ1n) is 4.96. The lowest BCUT2D eigenvalue weighted by molar-refractivity contribution is -0.122. The normalized spacial score (nSPS) is 12.4. The summed E-state index contributed by atoms with van der Waals surface area (Å²) in [4.78, 5) is 11.4. The Morgan fingerprint density at radius 3 is 3.07 bits per heavy atom. The zero-order chi connectivity index (χ0) is 11.1. The predicted molar refractivity (Wildman–Crippen MR) is 53.9 cm³/mol. The fraction of sp³-hybridized carbons (Fsp3) is 0.667. The van der Waals surface area contributed by atoms with Crippen LogP contribution in [0.1, 0.15) is 19.8 Å². The number of carbonyl (C=O) groups is 1. The van der Waals surface area contributed by atoms with E-state index in [9.17, 15) is 4.79 Å². The van der Waals surface area contributed by atoms with Gasteiger partial charge < -0.3 is 10.4 Å². The highest BCUT2D eigenvalue weighted by atomic mass is 16.3. The lowest BCUT2D eigenvalue weighted by atomic mass is 10.2. The third-order valence-electron chi connectivity index (χ3n) is 1.98. The van der Waals surface area contributed by atoms with Crippen molar-refractivity contribution in [3.63, 3.8) is 0 Å². The first kappa shape index (κ1) is 11.6. The Hall–Kier alpha value is -1.43. The molecule has 0 saturated carbocycles. The molecule has 0 radical (unpaired) electrons. The number of hydrogen-bond acceptors (Lipinski definition) is 4. The number of carbonyl (C=O) groups excluding carboxylic acids is 1. The molecule has 0 saturated heterocycles. The van der Waals surface area contributed by atoms with Gasteiger partial charge in [0.05, 0.1) is 6.20 Å². The van der Waals surface area contributed by atoms with E-state index in [0.29, 0.717) is 6.42 Å². The molecule has 1 heterocycles. The molecule has 1 amide bonds. The predicted octanol–water partition coefficient (Wildman–Crippen LogP) is -0.445. The van der Waals surface area contributed by atoms with Gasteiger partial charge in [-0.15, -0.1) is 5.10 Å². The number of amides is 1. The van der Waals surface area contributed by atoms with Crippen molar-refractivity contribution in [2.75, 3.05) is 6.61 Å². The molecule has 0 aromatic carbocycles. The van der Waals surface area contributed by atoms with Gasteiger partial charge in [0.1, 0.15) is 6.54 Å². The largest absolute Gasteiger partial charge is 0.396 e. The molecule has 0 aliphatic carbocycles. The summed E-state index contributed by atoms with van der Waals surface area (Å²) in [6, 6.07) is 0.0770. The topological polar surface area (TPSA) is 80.0 Å². The lowest BCUT2D eigenvalue weighted by Crippen LogP contribution is -2.35. The van der Waals surface area contributed by atoms with Gasteiger partial charge in [-0.3, -0.25) is 4.79 Å². The Kier molecular flexibility index (Phi) is 4.76. The molecule has 0 aliphatic heterocycles. The van der Waals surface area contributed by atoms with Crippen LogP contribution in [-0.2, 0) is 11.3 Å². The van der Waals surface area contributed by atoms with Crippen molar-refractivity contribution < 1.29 is 9.90 Å². The number of aromatic nitrogens is 3. The van der Waals surface area contributed by atoms with E-state index < -0.39 is 0 Å². The number of nitrogens with zero attached hydrogens (tertiary/aromatic N) is 3. The van der Waals surface area contributed by atoms with Gasteiger partial charge >= 0.3 is 0 Å². The number of nitrogens with one attached hydrogen (secondary N) is 1. The van der Waals surface area contributed by atoms with E-state index >= 15 is 0 Å². The van der Waals surface area contributed by atoms with E-state index in [1.54, 1.807) is 6.20 Å². The van der Waals surface area contributed by atoms with Crippen molar-refractivity contribution in [2.24, 2.45) is 0 Å². The minimum absolute atomic E-state index is 0.0770. The molecule has 1 rings (SSSR count). The SMILES string of the molecule is CC(CCCO)NC(=O)Cn1ccnn1. The van der Waals surface area contributed by atoms with Crippen molar-refractivity contribution in [1.82, 2.24) is 20.3 Å². The third-order valence-corrected chi connectivity index (χ3v) is 1.98. The molecule has 6 heteroatoms. The van der Waals surface area contributed by atoms with E-state index in [2.05, 4.69) is 15.6 Å². The van der Waals surface area contributed by atoms with Crippen molar-refractivity contribution in [3.05, 3.63) is 12.4 Å². The van der Waals surface area contributed by atoms with Crippen LogP contribution in [0, 0.1) is 0 Å². The fourth-order valence-electron chi connectivity index (χ4n) is 1.25. The molecule has 1 aromatic heterocycles. The minimum atomic E-state index is -0.0917. The molecule has 1 aromatic rings. The number of hydrogen-bond donors (Lipinski definition) is 2. The smallest absolute Gasteiger partial charge is 0.242 e. The zero-order valence-electron chi connectivity index (χ0n) is 8.76. The van der Waals surface area contributed by atoms with Gasteiger partial charge in [0.25, 0.3) is 0 Å². The summed E-state index contributed by atoms with van der Waals surface area (Å²) in [5.74, 6) is -0.0917. The molecule has 0 spiro atoms. The Balaban J connectivity index is 2.23. The second-order valence-corrected chi connectivity index (χ2v) is 3.44. The van der Waals surface area contributed by atoms with E-state index in [0.717, 1.165) is 6.42 Å². The highest BCUT2D eigenvalue weighted by Gasteiger charge is 2.07. The highest BCUT2D eigenvalue weighted by molar-refractivity contribution is 5.75. The van der Waals surface area contributed by atoms with Crippen molar-refractivity contribution in [1.29, 1.82) is 0 Å². The molecule has 0 fully saturated rings. The maximum absolute atomic E-state index is 11.4. The molecule has 0 bridgehead atoms. The molecular weight excluding hydrogens is 196 g/mol. The monoisotopic (exact) mass is 212 g/mol. The maximum atomic E-state index is 11.4. The maximum Gasteiger partial charge on any atom is 0.242 e. The Morgan fingerprint density at radius 1 is 1.67 bits per heavy atom. The summed E-state index contributed by atoms with van der Waals surface area (Å²) in [6.07, 6.45) is 4.64. The minimum Gasteiger partial charge on any atom is -0.396 e. The number of aliphatic hydroxyl groups is 1. The summed E-state index contributed by atoms with van der Waals surface area (Å²) in [7, 11) is 0. The van der Waals surface area contributed by atoms with E-state index in [-0.39, 0.29) is 25.1 Å². The second-order valence-electron chi connectivity index (χ2n) is 3.44. The lowest BCUT2D eigenvalue weighted by Gasteiger charge is -2.12. The van der Waals surface area contributed by atoms with Crippen LogP contribution >= 0.6 is 0 Å². The van der Waals surface area contributed by atoms with E-state index in [1.165, 1.54) is 10.9 Å². The molecule has 15 heavy (non-hydrogen) atoms.